The van der Waals surface area contributed by atoms with Gasteiger partial charge in [-0.2, -0.15) is 0 Å². The lowest BCUT2D eigenvalue weighted by Crippen LogP contribution is -2.36. The number of cyclic esters (lactones) is 1. The third kappa shape index (κ3) is 3.54. The molecule has 0 spiro atoms. The predicted molar refractivity (Wildman–Crippen MR) is 61.2 cm³/mol. The third-order valence-corrected chi connectivity index (χ3v) is 2.75. The lowest BCUT2D eigenvalue weighted by molar-refractivity contribution is -0.166. The Bertz CT molecular complexity index is 363. The normalized spacial score (nSPS) is 24.4. The minimum atomic E-state index is -0.419. The van der Waals surface area contributed by atoms with Crippen LogP contribution in [-0.2, 0) is 20.9 Å². The van der Waals surface area contributed by atoms with Gasteiger partial charge in [0.05, 0.1) is 25.7 Å². The predicted octanol–water partition coefficient (Wildman–Crippen LogP) is 1.27. The van der Waals surface area contributed by atoms with E-state index in [0.717, 1.165) is 5.56 Å². The molecule has 1 aliphatic heterocycles. The van der Waals surface area contributed by atoms with Gasteiger partial charge in [0.15, 0.2) is 0 Å². The number of hydrogen-bond acceptors (Lipinski definition) is 4. The molecule has 1 aromatic rings. The molecule has 2 atom stereocenters. The maximum atomic E-state index is 11.2. The van der Waals surface area contributed by atoms with Crippen LogP contribution < -0.4 is 0 Å². The van der Waals surface area contributed by atoms with Crippen LogP contribution >= 0.6 is 0 Å². The Kier molecular flexibility index (Phi) is 4.12. The number of carbonyl (C=O) groups excluding carboxylic acids is 1. The standard InChI is InChI=1S/C13H16O4/c14-8-12-6-11(7-13(15)17-12)16-9-10-4-2-1-3-5-10/h1-5,11-12,14H,6-9H2/t11-,12+/m1/s1. The smallest absolute Gasteiger partial charge is 0.308 e. The van der Waals surface area contributed by atoms with E-state index in [1.54, 1.807) is 0 Å². The number of benzene rings is 1. The van der Waals surface area contributed by atoms with E-state index in [2.05, 4.69) is 0 Å². The number of carbonyl (C=O) groups is 1. The summed E-state index contributed by atoms with van der Waals surface area (Å²) in [5, 5.41) is 8.98. The Morgan fingerprint density at radius 1 is 1.35 bits per heavy atom. The van der Waals surface area contributed by atoms with Crippen molar-refractivity contribution in [2.75, 3.05) is 6.61 Å². The molecule has 1 fully saturated rings. The van der Waals surface area contributed by atoms with Crippen LogP contribution in [0.5, 0.6) is 0 Å². The summed E-state index contributed by atoms with van der Waals surface area (Å²) >= 11 is 0. The zero-order chi connectivity index (χ0) is 12.1. The topological polar surface area (TPSA) is 55.8 Å². The van der Waals surface area contributed by atoms with Crippen molar-refractivity contribution in [1.29, 1.82) is 0 Å². The van der Waals surface area contributed by atoms with Crippen LogP contribution in [0.1, 0.15) is 18.4 Å². The van der Waals surface area contributed by atoms with Gasteiger partial charge in [-0.3, -0.25) is 4.79 Å². The highest BCUT2D eigenvalue weighted by Gasteiger charge is 2.28. The highest BCUT2D eigenvalue weighted by atomic mass is 16.6. The lowest BCUT2D eigenvalue weighted by atomic mass is 10.1. The van der Waals surface area contributed by atoms with Crippen LogP contribution in [0.2, 0.25) is 0 Å². The van der Waals surface area contributed by atoms with Gasteiger partial charge in [0.25, 0.3) is 0 Å². The highest BCUT2D eigenvalue weighted by molar-refractivity contribution is 5.71. The summed E-state index contributed by atoms with van der Waals surface area (Å²) in [6, 6.07) is 9.80. The van der Waals surface area contributed by atoms with Gasteiger partial charge in [0.2, 0.25) is 0 Å². The molecule has 1 aromatic carbocycles. The fourth-order valence-corrected chi connectivity index (χ4v) is 1.87. The average Bonchev–Trinajstić information content (AvgIpc) is 2.37. The molecule has 4 nitrogen and oxygen atoms in total. The maximum absolute atomic E-state index is 11.2. The molecule has 0 aromatic heterocycles. The molecule has 0 radical (unpaired) electrons. The monoisotopic (exact) mass is 236 g/mol. The van der Waals surface area contributed by atoms with Crippen LogP contribution in [0.25, 0.3) is 0 Å². The zero-order valence-electron chi connectivity index (χ0n) is 9.54. The van der Waals surface area contributed by atoms with E-state index in [-0.39, 0.29) is 25.1 Å². The second-order valence-electron chi connectivity index (χ2n) is 4.15. The molecule has 17 heavy (non-hydrogen) atoms. The van der Waals surface area contributed by atoms with Gasteiger partial charge in [-0.25, -0.2) is 0 Å². The Balaban J connectivity index is 1.84. The molecule has 4 heteroatoms. The Labute approximate surface area is 100 Å². The van der Waals surface area contributed by atoms with Crippen molar-refractivity contribution in [2.45, 2.75) is 31.7 Å². The minimum absolute atomic E-state index is 0.142. The molecule has 1 heterocycles. The van der Waals surface area contributed by atoms with Gasteiger partial charge in [-0.05, 0) is 5.56 Å². The van der Waals surface area contributed by atoms with Crippen molar-refractivity contribution >= 4 is 5.97 Å². The number of esters is 1. The molecule has 0 unspecified atom stereocenters. The van der Waals surface area contributed by atoms with Gasteiger partial charge >= 0.3 is 5.97 Å². The van der Waals surface area contributed by atoms with E-state index >= 15 is 0 Å². The number of ether oxygens (including phenoxy) is 2. The van der Waals surface area contributed by atoms with Crippen molar-refractivity contribution in [2.24, 2.45) is 0 Å². The summed E-state index contributed by atoms with van der Waals surface area (Å²) in [5.74, 6) is -0.298. The first-order valence-electron chi connectivity index (χ1n) is 5.74. The zero-order valence-corrected chi connectivity index (χ0v) is 9.54. The highest BCUT2D eigenvalue weighted by Crippen LogP contribution is 2.19. The molecular weight excluding hydrogens is 220 g/mol. The van der Waals surface area contributed by atoms with E-state index in [9.17, 15) is 4.79 Å². The van der Waals surface area contributed by atoms with Crippen molar-refractivity contribution in [3.8, 4) is 0 Å². The number of rotatable bonds is 4. The molecule has 0 amide bonds. The first kappa shape index (κ1) is 12.1. The number of aliphatic hydroxyl groups is 1. The Morgan fingerprint density at radius 2 is 2.12 bits per heavy atom. The second kappa shape index (κ2) is 5.80. The number of aliphatic hydroxyl groups excluding tert-OH is 1. The third-order valence-electron chi connectivity index (χ3n) is 2.75. The minimum Gasteiger partial charge on any atom is -0.460 e. The Hall–Kier alpha value is -1.39. The lowest BCUT2D eigenvalue weighted by Gasteiger charge is -2.27. The van der Waals surface area contributed by atoms with Gasteiger partial charge in [0.1, 0.15) is 6.10 Å². The van der Waals surface area contributed by atoms with Crippen molar-refractivity contribution < 1.29 is 19.4 Å². The summed E-state index contributed by atoms with van der Waals surface area (Å²) in [4.78, 5) is 11.2. The van der Waals surface area contributed by atoms with Gasteiger partial charge in [-0.15, -0.1) is 0 Å². The van der Waals surface area contributed by atoms with Gasteiger partial charge < -0.3 is 14.6 Å². The van der Waals surface area contributed by atoms with Crippen molar-refractivity contribution in [3.63, 3.8) is 0 Å². The molecule has 0 aliphatic carbocycles. The van der Waals surface area contributed by atoms with E-state index < -0.39 is 6.10 Å². The quantitative estimate of drug-likeness (QED) is 0.800. The Morgan fingerprint density at radius 3 is 2.82 bits per heavy atom. The largest absolute Gasteiger partial charge is 0.460 e. The van der Waals surface area contributed by atoms with Crippen molar-refractivity contribution in [1.82, 2.24) is 0 Å². The SMILES string of the molecule is O=C1C[C@H](OCc2ccccc2)C[C@@H](CO)O1. The van der Waals surface area contributed by atoms with Gasteiger partial charge in [-0.1, -0.05) is 30.3 Å². The van der Waals surface area contributed by atoms with E-state index in [1.807, 2.05) is 30.3 Å². The summed E-state index contributed by atoms with van der Waals surface area (Å²) in [5.41, 5.74) is 1.08. The van der Waals surface area contributed by atoms with E-state index in [0.29, 0.717) is 13.0 Å². The molecule has 1 aliphatic rings. The van der Waals surface area contributed by atoms with Gasteiger partial charge in [0, 0.05) is 6.42 Å². The first-order valence-corrected chi connectivity index (χ1v) is 5.74. The van der Waals surface area contributed by atoms with Crippen molar-refractivity contribution in [3.05, 3.63) is 35.9 Å². The summed E-state index contributed by atoms with van der Waals surface area (Å²) in [7, 11) is 0. The van der Waals surface area contributed by atoms with Crippen LogP contribution in [-0.4, -0.2) is 29.9 Å². The molecule has 1 saturated heterocycles. The summed E-state index contributed by atoms with van der Waals surface area (Å²) in [6.45, 7) is 0.341. The summed E-state index contributed by atoms with van der Waals surface area (Å²) in [6.07, 6.45) is 0.254. The molecule has 1 N–H and O–H groups in total. The summed E-state index contributed by atoms with van der Waals surface area (Å²) < 4.78 is 10.6. The fraction of sp³-hybridized carbons (Fsp3) is 0.462. The van der Waals surface area contributed by atoms with Crippen LogP contribution in [0.4, 0.5) is 0 Å². The van der Waals surface area contributed by atoms with E-state index in [1.165, 1.54) is 0 Å². The van der Waals surface area contributed by atoms with Crippen LogP contribution in [0, 0.1) is 0 Å². The molecule has 92 valence electrons. The molecular formula is C13H16O4. The molecule has 0 bridgehead atoms. The fourth-order valence-electron chi connectivity index (χ4n) is 1.87. The van der Waals surface area contributed by atoms with Crippen LogP contribution in [0.3, 0.4) is 0 Å². The second-order valence-corrected chi connectivity index (χ2v) is 4.15. The average molecular weight is 236 g/mol. The molecule has 0 saturated carbocycles. The first-order chi connectivity index (χ1) is 8.28. The van der Waals surface area contributed by atoms with Crippen LogP contribution in [0.15, 0.2) is 30.3 Å². The van der Waals surface area contributed by atoms with E-state index in [4.69, 9.17) is 14.6 Å². The maximum Gasteiger partial charge on any atom is 0.308 e. The number of hydrogen-bond donors (Lipinski definition) is 1. The molecule has 2 rings (SSSR count).